The van der Waals surface area contributed by atoms with Gasteiger partial charge in [-0.15, -0.1) is 10.2 Å². The Hall–Kier alpha value is -4.14. The molecule has 0 bridgehead atoms. The number of hydrogen-bond donors (Lipinski definition) is 0. The summed E-state index contributed by atoms with van der Waals surface area (Å²) in [5.41, 5.74) is 2.26. The van der Waals surface area contributed by atoms with Crippen molar-refractivity contribution in [3.63, 3.8) is 0 Å². The molecule has 0 saturated heterocycles. The maximum atomic E-state index is 13.4. The van der Waals surface area contributed by atoms with Crippen LogP contribution < -0.4 is 9.47 Å². The SMILES string of the molecule is Cc1onc(-c2ccccc2)c1-c1nnc(COC(=O)C2(c3ccc4c(c3)OCCO4)CCCC2)o1. The summed E-state index contributed by atoms with van der Waals surface area (Å²) in [6.45, 7) is 2.68. The predicted molar refractivity (Wildman–Crippen MR) is 127 cm³/mol. The lowest BCUT2D eigenvalue weighted by atomic mass is 9.78. The molecule has 1 aliphatic carbocycles. The number of rotatable bonds is 6. The summed E-state index contributed by atoms with van der Waals surface area (Å²) in [4.78, 5) is 13.4. The zero-order valence-corrected chi connectivity index (χ0v) is 19.9. The van der Waals surface area contributed by atoms with Crippen molar-refractivity contribution >= 4 is 5.97 Å². The van der Waals surface area contributed by atoms with Crippen LogP contribution in [0.5, 0.6) is 11.5 Å². The molecular weight excluding hydrogens is 462 g/mol. The Morgan fingerprint density at radius 3 is 2.58 bits per heavy atom. The maximum absolute atomic E-state index is 13.4. The number of nitrogens with zero attached hydrogens (tertiary/aromatic N) is 3. The number of fused-ring (bicyclic) bond motifs is 1. The van der Waals surface area contributed by atoms with Crippen LogP contribution in [-0.4, -0.2) is 34.5 Å². The van der Waals surface area contributed by atoms with E-state index >= 15 is 0 Å². The Balaban J connectivity index is 1.21. The summed E-state index contributed by atoms with van der Waals surface area (Å²) in [6.07, 6.45) is 3.31. The normalized spacial score (nSPS) is 16.1. The maximum Gasteiger partial charge on any atom is 0.317 e. The van der Waals surface area contributed by atoms with Gasteiger partial charge in [0.2, 0.25) is 0 Å². The van der Waals surface area contributed by atoms with E-state index in [0.717, 1.165) is 24.0 Å². The van der Waals surface area contributed by atoms with E-state index in [2.05, 4.69) is 15.4 Å². The van der Waals surface area contributed by atoms with Crippen molar-refractivity contribution in [2.45, 2.75) is 44.6 Å². The molecule has 1 saturated carbocycles. The Morgan fingerprint density at radius 1 is 1.00 bits per heavy atom. The van der Waals surface area contributed by atoms with Gasteiger partial charge in [-0.2, -0.15) is 0 Å². The minimum atomic E-state index is -0.732. The minimum absolute atomic E-state index is 0.122. The van der Waals surface area contributed by atoms with Crippen molar-refractivity contribution < 1.29 is 27.9 Å². The zero-order valence-electron chi connectivity index (χ0n) is 19.9. The molecular formula is C27H25N3O6. The fraction of sp³-hybridized carbons (Fsp3) is 0.333. The third-order valence-corrected chi connectivity index (χ3v) is 6.86. The monoisotopic (exact) mass is 487 g/mol. The van der Waals surface area contributed by atoms with Crippen molar-refractivity contribution in [2.24, 2.45) is 0 Å². The molecule has 4 aromatic rings. The summed E-state index contributed by atoms with van der Waals surface area (Å²) < 4.78 is 28.4. The van der Waals surface area contributed by atoms with Crippen LogP contribution in [0.1, 0.15) is 42.9 Å². The zero-order chi connectivity index (χ0) is 24.5. The van der Waals surface area contributed by atoms with Gasteiger partial charge in [0.05, 0.1) is 5.41 Å². The van der Waals surface area contributed by atoms with Gasteiger partial charge < -0.3 is 23.2 Å². The smallest absolute Gasteiger partial charge is 0.317 e. The summed E-state index contributed by atoms with van der Waals surface area (Å²) >= 11 is 0. The molecule has 2 aliphatic rings. The van der Waals surface area contributed by atoms with E-state index in [1.165, 1.54) is 0 Å². The number of benzene rings is 2. The first-order valence-corrected chi connectivity index (χ1v) is 12.1. The van der Waals surface area contributed by atoms with Crippen molar-refractivity contribution in [3.05, 3.63) is 65.7 Å². The summed E-state index contributed by atoms with van der Waals surface area (Å²) in [5.74, 6) is 2.09. The molecule has 2 aromatic heterocycles. The molecule has 0 atom stereocenters. The molecule has 9 nitrogen and oxygen atoms in total. The van der Waals surface area contributed by atoms with Crippen LogP contribution >= 0.6 is 0 Å². The summed E-state index contributed by atoms with van der Waals surface area (Å²) in [7, 11) is 0. The highest BCUT2D eigenvalue weighted by Gasteiger charge is 2.45. The van der Waals surface area contributed by atoms with Crippen LogP contribution in [0, 0.1) is 6.92 Å². The lowest BCUT2D eigenvalue weighted by molar-refractivity contribution is -0.152. The van der Waals surface area contributed by atoms with Gasteiger partial charge in [-0.25, -0.2) is 0 Å². The fourth-order valence-electron chi connectivity index (χ4n) is 5.03. The largest absolute Gasteiger partial charge is 0.486 e. The van der Waals surface area contributed by atoms with E-state index in [9.17, 15) is 4.79 Å². The Bertz CT molecular complexity index is 1390. The second-order valence-electron chi connectivity index (χ2n) is 9.05. The van der Waals surface area contributed by atoms with Crippen molar-refractivity contribution in [2.75, 3.05) is 13.2 Å². The standard InChI is InChI=1S/C27H25N3O6/c1-17-23(24(30-36-17)18-7-3-2-4-8-18)25-29-28-22(35-25)16-34-26(31)27(11-5-6-12-27)19-9-10-20-21(15-19)33-14-13-32-20/h2-4,7-10,15H,5-6,11-14,16H2,1H3. The van der Waals surface area contributed by atoms with E-state index in [0.29, 0.717) is 54.6 Å². The molecule has 0 amide bonds. The van der Waals surface area contributed by atoms with E-state index in [1.807, 2.05) is 48.5 Å². The first-order valence-electron chi connectivity index (χ1n) is 12.1. The molecule has 1 aliphatic heterocycles. The second kappa shape index (κ2) is 9.14. The van der Waals surface area contributed by atoms with Crippen LogP contribution in [0.2, 0.25) is 0 Å². The van der Waals surface area contributed by atoms with Crippen LogP contribution in [0.3, 0.4) is 0 Å². The lowest BCUT2D eigenvalue weighted by Crippen LogP contribution is -2.35. The van der Waals surface area contributed by atoms with Gasteiger partial charge in [-0.1, -0.05) is 54.4 Å². The fourth-order valence-corrected chi connectivity index (χ4v) is 5.03. The number of carbonyl (C=O) groups excluding carboxylic acids is 1. The van der Waals surface area contributed by atoms with Crippen molar-refractivity contribution in [1.82, 2.24) is 15.4 Å². The number of aromatic nitrogens is 3. The predicted octanol–water partition coefficient (Wildman–Crippen LogP) is 5.03. The van der Waals surface area contributed by atoms with Gasteiger partial charge in [0.25, 0.3) is 11.8 Å². The van der Waals surface area contributed by atoms with Gasteiger partial charge >= 0.3 is 5.97 Å². The molecule has 0 radical (unpaired) electrons. The molecule has 9 heteroatoms. The lowest BCUT2D eigenvalue weighted by Gasteiger charge is -2.28. The minimum Gasteiger partial charge on any atom is -0.486 e. The third-order valence-electron chi connectivity index (χ3n) is 6.86. The third kappa shape index (κ3) is 3.90. The molecule has 0 spiro atoms. The number of carbonyl (C=O) groups is 1. The van der Waals surface area contributed by atoms with Gasteiger partial charge in [0.1, 0.15) is 30.2 Å². The summed E-state index contributed by atoms with van der Waals surface area (Å²) in [6, 6.07) is 15.3. The van der Waals surface area contributed by atoms with E-state index in [-0.39, 0.29) is 24.4 Å². The van der Waals surface area contributed by atoms with Crippen LogP contribution in [-0.2, 0) is 21.6 Å². The van der Waals surface area contributed by atoms with E-state index in [1.54, 1.807) is 6.92 Å². The van der Waals surface area contributed by atoms with Gasteiger partial charge in [0, 0.05) is 5.56 Å². The van der Waals surface area contributed by atoms with Crippen LogP contribution in [0.25, 0.3) is 22.7 Å². The highest BCUT2D eigenvalue weighted by Crippen LogP contribution is 2.45. The Morgan fingerprint density at radius 2 is 1.78 bits per heavy atom. The molecule has 36 heavy (non-hydrogen) atoms. The second-order valence-corrected chi connectivity index (χ2v) is 9.05. The number of ether oxygens (including phenoxy) is 3. The first-order chi connectivity index (χ1) is 17.6. The molecule has 0 N–H and O–H groups in total. The quantitative estimate of drug-likeness (QED) is 0.346. The molecule has 2 aromatic carbocycles. The van der Waals surface area contributed by atoms with Gasteiger partial charge in [-0.3, -0.25) is 4.79 Å². The average Bonchev–Trinajstić information content (AvgIpc) is 3.68. The number of aryl methyl sites for hydroxylation is 1. The molecule has 0 unspecified atom stereocenters. The van der Waals surface area contributed by atoms with Crippen LogP contribution in [0.15, 0.2) is 57.5 Å². The van der Waals surface area contributed by atoms with E-state index < -0.39 is 5.41 Å². The average molecular weight is 488 g/mol. The molecule has 3 heterocycles. The van der Waals surface area contributed by atoms with E-state index in [4.69, 9.17) is 23.2 Å². The highest BCUT2D eigenvalue weighted by atomic mass is 16.6. The van der Waals surface area contributed by atoms with Gasteiger partial charge in [-0.05, 0) is 37.5 Å². The van der Waals surface area contributed by atoms with Crippen molar-refractivity contribution in [3.8, 4) is 34.2 Å². The Kier molecular flexibility index (Phi) is 5.67. The molecule has 184 valence electrons. The van der Waals surface area contributed by atoms with Gasteiger partial charge in [0.15, 0.2) is 18.1 Å². The topological polar surface area (TPSA) is 110 Å². The summed E-state index contributed by atoms with van der Waals surface area (Å²) in [5, 5.41) is 12.4. The number of hydrogen-bond acceptors (Lipinski definition) is 9. The highest BCUT2D eigenvalue weighted by molar-refractivity contribution is 5.84. The molecule has 6 rings (SSSR count). The first kappa shape index (κ1) is 22.3. The van der Waals surface area contributed by atoms with Crippen molar-refractivity contribution in [1.29, 1.82) is 0 Å². The van der Waals surface area contributed by atoms with Crippen LogP contribution in [0.4, 0.5) is 0 Å². The molecule has 1 fully saturated rings. The Labute approximate surface area is 207 Å². The number of esters is 1.